The number of nitrogens with zero attached hydrogens (tertiary/aromatic N) is 4. The number of carbonyl (C=O) groups excluding carboxylic acids is 1. The predicted octanol–water partition coefficient (Wildman–Crippen LogP) is 4.93. The Morgan fingerprint density at radius 2 is 1.74 bits per heavy atom. The van der Waals surface area contributed by atoms with Gasteiger partial charge in [-0.1, -0.05) is 53.5 Å². The highest BCUT2D eigenvalue weighted by Gasteiger charge is 2.41. The second-order valence-corrected chi connectivity index (χ2v) is 9.59. The molecule has 1 saturated carbocycles. The first kappa shape index (κ1) is 20.7. The number of hydrogen-bond donors (Lipinski definition) is 0. The first-order valence-corrected chi connectivity index (χ1v) is 11.6. The van der Waals surface area contributed by atoms with Gasteiger partial charge in [0, 0.05) is 47.2 Å². The molecule has 1 amide bonds. The maximum Gasteiger partial charge on any atom is 0.225 e. The zero-order chi connectivity index (χ0) is 21.7. The Hall–Kier alpha value is -2.24. The Morgan fingerprint density at radius 1 is 1.03 bits per heavy atom. The van der Waals surface area contributed by atoms with E-state index in [0.717, 1.165) is 54.9 Å². The van der Waals surface area contributed by atoms with E-state index in [-0.39, 0.29) is 18.1 Å². The molecular weight excluding hydrogens is 431 g/mol. The van der Waals surface area contributed by atoms with E-state index in [1.807, 2.05) is 17.0 Å². The van der Waals surface area contributed by atoms with E-state index in [0.29, 0.717) is 16.0 Å². The van der Waals surface area contributed by atoms with Crippen molar-refractivity contribution >= 4 is 34.9 Å². The van der Waals surface area contributed by atoms with Gasteiger partial charge in [-0.05, 0) is 43.9 Å². The van der Waals surface area contributed by atoms with Crippen molar-refractivity contribution in [3.63, 3.8) is 0 Å². The first-order valence-electron chi connectivity index (χ1n) is 10.9. The standard InChI is InChI=1S/C24H26Cl2N4O/c1-15-28(2)23(27-30(15)20-11-12-29(14-20)24(31)18-7-8-18)17-5-3-16(4-6-17)21-10-9-19(25)13-22(21)26/h3-6,9-10,13,15,18,20H,7-8,11-12,14H2,1-2H3. The minimum Gasteiger partial charge on any atom is -0.340 e. The maximum atomic E-state index is 12.4. The summed E-state index contributed by atoms with van der Waals surface area (Å²) in [5.41, 5.74) is 3.07. The molecule has 0 N–H and O–H groups in total. The molecule has 3 aliphatic rings. The van der Waals surface area contributed by atoms with E-state index in [1.165, 1.54) is 0 Å². The van der Waals surface area contributed by atoms with Crippen LogP contribution in [0.25, 0.3) is 11.1 Å². The van der Waals surface area contributed by atoms with E-state index < -0.39 is 0 Å². The monoisotopic (exact) mass is 456 g/mol. The van der Waals surface area contributed by atoms with E-state index >= 15 is 0 Å². The SMILES string of the molecule is CC1N(C)C(c2ccc(-c3ccc(Cl)cc3Cl)cc2)=NN1C1CCN(C(=O)C2CC2)C1. The summed E-state index contributed by atoms with van der Waals surface area (Å²) < 4.78 is 0. The molecule has 2 unspecified atom stereocenters. The van der Waals surface area contributed by atoms with E-state index in [9.17, 15) is 4.79 Å². The van der Waals surface area contributed by atoms with E-state index in [1.54, 1.807) is 6.07 Å². The van der Waals surface area contributed by atoms with Crippen LogP contribution in [0.1, 0.15) is 31.7 Å². The van der Waals surface area contributed by atoms with Crippen LogP contribution in [0.5, 0.6) is 0 Å². The number of rotatable bonds is 4. The molecule has 162 valence electrons. The molecule has 0 radical (unpaired) electrons. The van der Waals surface area contributed by atoms with Gasteiger partial charge < -0.3 is 9.80 Å². The molecule has 0 spiro atoms. The van der Waals surface area contributed by atoms with Crippen LogP contribution in [0.3, 0.4) is 0 Å². The molecule has 31 heavy (non-hydrogen) atoms. The fraction of sp³-hybridized carbons (Fsp3) is 0.417. The molecule has 1 saturated heterocycles. The third-order valence-electron chi connectivity index (χ3n) is 6.65. The first-order chi connectivity index (χ1) is 14.9. The van der Waals surface area contributed by atoms with Gasteiger partial charge in [0.2, 0.25) is 5.91 Å². The summed E-state index contributed by atoms with van der Waals surface area (Å²) in [6.45, 7) is 3.79. The summed E-state index contributed by atoms with van der Waals surface area (Å²) in [4.78, 5) is 16.7. The fourth-order valence-electron chi connectivity index (χ4n) is 4.53. The van der Waals surface area contributed by atoms with Gasteiger partial charge in [0.05, 0.1) is 6.04 Å². The summed E-state index contributed by atoms with van der Waals surface area (Å²) in [5, 5.41) is 8.43. The van der Waals surface area contributed by atoms with Crippen LogP contribution in [0.15, 0.2) is 47.6 Å². The molecule has 0 bridgehead atoms. The van der Waals surface area contributed by atoms with Crippen LogP contribution < -0.4 is 0 Å². The summed E-state index contributed by atoms with van der Waals surface area (Å²) in [5.74, 6) is 1.57. The van der Waals surface area contributed by atoms with Gasteiger partial charge >= 0.3 is 0 Å². The number of halogens is 2. The second kappa shape index (κ2) is 8.03. The summed E-state index contributed by atoms with van der Waals surface area (Å²) >= 11 is 12.4. The van der Waals surface area contributed by atoms with Crippen LogP contribution in [-0.4, -0.2) is 58.9 Å². The highest BCUT2D eigenvalue weighted by Crippen LogP contribution is 2.34. The number of amidine groups is 1. The predicted molar refractivity (Wildman–Crippen MR) is 125 cm³/mol. The van der Waals surface area contributed by atoms with Crippen molar-refractivity contribution in [2.75, 3.05) is 20.1 Å². The number of hydrogen-bond acceptors (Lipinski definition) is 4. The summed E-state index contributed by atoms with van der Waals surface area (Å²) in [6.07, 6.45) is 3.24. The molecule has 2 aromatic carbocycles. The fourth-order valence-corrected chi connectivity index (χ4v) is 5.05. The Labute approximate surface area is 193 Å². The molecule has 2 fully saturated rings. The normalized spacial score (nSPS) is 23.5. The van der Waals surface area contributed by atoms with Crippen molar-refractivity contribution in [2.45, 2.75) is 38.4 Å². The number of likely N-dealkylation sites (tertiary alicyclic amines) is 1. The van der Waals surface area contributed by atoms with Gasteiger partial charge in [-0.25, -0.2) is 0 Å². The van der Waals surface area contributed by atoms with Gasteiger partial charge in [0.1, 0.15) is 6.17 Å². The smallest absolute Gasteiger partial charge is 0.225 e. The van der Waals surface area contributed by atoms with Crippen molar-refractivity contribution in [3.8, 4) is 11.1 Å². The molecule has 0 aromatic heterocycles. The Morgan fingerprint density at radius 3 is 2.42 bits per heavy atom. The highest BCUT2D eigenvalue weighted by atomic mass is 35.5. The van der Waals surface area contributed by atoms with Crippen molar-refractivity contribution in [1.29, 1.82) is 0 Å². The van der Waals surface area contributed by atoms with Gasteiger partial charge in [-0.15, -0.1) is 0 Å². The molecule has 5 rings (SSSR count). The van der Waals surface area contributed by atoms with Gasteiger partial charge in [0.15, 0.2) is 5.84 Å². The molecule has 2 atom stereocenters. The Bertz CT molecular complexity index is 1030. The molecule has 7 heteroatoms. The van der Waals surface area contributed by atoms with E-state index in [4.69, 9.17) is 28.3 Å². The average molecular weight is 457 g/mol. The van der Waals surface area contributed by atoms with Gasteiger partial charge in [0.25, 0.3) is 0 Å². The van der Waals surface area contributed by atoms with Crippen LogP contribution in [0.4, 0.5) is 0 Å². The average Bonchev–Trinajstić information content (AvgIpc) is 3.43. The topological polar surface area (TPSA) is 39.1 Å². The minimum atomic E-state index is 0.154. The molecule has 2 heterocycles. The zero-order valence-corrected chi connectivity index (χ0v) is 19.3. The summed E-state index contributed by atoms with van der Waals surface area (Å²) in [6, 6.07) is 14.1. The lowest BCUT2D eigenvalue weighted by molar-refractivity contribution is -0.131. The van der Waals surface area contributed by atoms with Crippen LogP contribution in [-0.2, 0) is 4.79 Å². The third kappa shape index (κ3) is 3.90. The molecule has 2 aromatic rings. The molecular formula is C24H26Cl2N4O. The number of amides is 1. The van der Waals surface area contributed by atoms with Crippen molar-refractivity contribution in [1.82, 2.24) is 14.8 Å². The lowest BCUT2D eigenvalue weighted by atomic mass is 10.0. The van der Waals surface area contributed by atoms with E-state index in [2.05, 4.69) is 48.1 Å². The summed E-state index contributed by atoms with van der Waals surface area (Å²) in [7, 11) is 2.08. The number of hydrazone groups is 1. The zero-order valence-electron chi connectivity index (χ0n) is 17.8. The van der Waals surface area contributed by atoms with Crippen LogP contribution in [0, 0.1) is 5.92 Å². The number of benzene rings is 2. The molecule has 2 aliphatic heterocycles. The second-order valence-electron chi connectivity index (χ2n) is 8.75. The Balaban J connectivity index is 1.34. The quantitative estimate of drug-likeness (QED) is 0.654. The molecule has 5 nitrogen and oxygen atoms in total. The van der Waals surface area contributed by atoms with Crippen LogP contribution >= 0.6 is 23.2 Å². The Kier molecular flexibility index (Phi) is 5.35. The van der Waals surface area contributed by atoms with Gasteiger partial charge in [-0.3, -0.25) is 9.80 Å². The molecule has 1 aliphatic carbocycles. The lowest BCUT2D eigenvalue weighted by Gasteiger charge is -2.30. The number of carbonyl (C=O) groups is 1. The highest BCUT2D eigenvalue weighted by molar-refractivity contribution is 6.36. The lowest BCUT2D eigenvalue weighted by Crippen LogP contribution is -2.43. The third-order valence-corrected chi connectivity index (χ3v) is 7.20. The van der Waals surface area contributed by atoms with Crippen molar-refractivity contribution in [2.24, 2.45) is 11.0 Å². The van der Waals surface area contributed by atoms with Crippen molar-refractivity contribution < 1.29 is 4.79 Å². The van der Waals surface area contributed by atoms with Crippen molar-refractivity contribution in [3.05, 3.63) is 58.1 Å². The largest absolute Gasteiger partial charge is 0.340 e. The van der Waals surface area contributed by atoms with Gasteiger partial charge in [-0.2, -0.15) is 5.10 Å². The minimum absolute atomic E-state index is 0.154. The van der Waals surface area contributed by atoms with Crippen LogP contribution in [0.2, 0.25) is 10.0 Å². The maximum absolute atomic E-state index is 12.4.